The van der Waals surface area contributed by atoms with E-state index in [0.29, 0.717) is 11.3 Å². The van der Waals surface area contributed by atoms with E-state index in [0.717, 1.165) is 10.9 Å². The van der Waals surface area contributed by atoms with Crippen LogP contribution in [0.2, 0.25) is 0 Å². The van der Waals surface area contributed by atoms with Crippen LogP contribution in [0.4, 0.5) is 5.69 Å². The highest BCUT2D eigenvalue weighted by Gasteiger charge is 2.13. The fraction of sp³-hybridized carbons (Fsp3) is 0.111. The Balaban J connectivity index is 2.80. The topological polar surface area (TPSA) is 97.8 Å². The van der Waals surface area contributed by atoms with Crippen LogP contribution < -0.4 is 11.5 Å². The lowest BCUT2D eigenvalue weighted by Crippen LogP contribution is -2.13. The molecule has 72 valence electrons. The molecular formula is C9H10N4O. The van der Waals surface area contributed by atoms with Gasteiger partial charge in [-0.25, -0.2) is 4.98 Å². The fourth-order valence-corrected chi connectivity index (χ4v) is 1.39. The predicted molar refractivity (Wildman–Crippen MR) is 53.8 cm³/mol. The summed E-state index contributed by atoms with van der Waals surface area (Å²) in [5.74, 6) is -0.571. The number of aryl methyl sites for hydroxylation is 1. The first kappa shape index (κ1) is 8.55. The third-order valence-electron chi connectivity index (χ3n) is 2.07. The van der Waals surface area contributed by atoms with Gasteiger partial charge in [0.15, 0.2) is 0 Å². The van der Waals surface area contributed by atoms with Gasteiger partial charge in [-0.05, 0) is 18.6 Å². The molecule has 0 spiro atoms. The number of amides is 1. The minimum atomic E-state index is -0.571. The van der Waals surface area contributed by atoms with Gasteiger partial charge in [-0.2, -0.15) is 0 Å². The van der Waals surface area contributed by atoms with E-state index in [4.69, 9.17) is 11.5 Å². The molecule has 5 N–H and O–H groups in total. The number of nitrogens with one attached hydrogen (secondary N) is 1. The first-order chi connectivity index (χ1) is 6.59. The number of pyridine rings is 1. The van der Waals surface area contributed by atoms with Crippen LogP contribution in [0, 0.1) is 6.92 Å². The van der Waals surface area contributed by atoms with Crippen molar-refractivity contribution in [1.82, 2.24) is 9.97 Å². The predicted octanol–water partition coefficient (Wildman–Crippen LogP) is 0.552. The van der Waals surface area contributed by atoms with Crippen LogP contribution in [-0.4, -0.2) is 15.9 Å². The zero-order chi connectivity index (χ0) is 10.3. The van der Waals surface area contributed by atoms with Crippen molar-refractivity contribution in [2.45, 2.75) is 6.92 Å². The van der Waals surface area contributed by atoms with Gasteiger partial charge in [0.1, 0.15) is 11.3 Å². The number of hydrogen-bond acceptors (Lipinski definition) is 3. The molecule has 5 nitrogen and oxygen atoms in total. The molecule has 2 rings (SSSR count). The first-order valence-corrected chi connectivity index (χ1v) is 4.13. The summed E-state index contributed by atoms with van der Waals surface area (Å²) in [4.78, 5) is 17.8. The maximum Gasteiger partial charge on any atom is 0.267 e. The molecule has 0 aromatic carbocycles. The summed E-state index contributed by atoms with van der Waals surface area (Å²) in [6, 6.07) is 1.86. The van der Waals surface area contributed by atoms with Gasteiger partial charge in [0, 0.05) is 11.6 Å². The Kier molecular flexibility index (Phi) is 1.67. The molecule has 0 saturated heterocycles. The Labute approximate surface area is 80.1 Å². The van der Waals surface area contributed by atoms with Crippen molar-refractivity contribution < 1.29 is 4.79 Å². The lowest BCUT2D eigenvalue weighted by Gasteiger charge is -1.93. The van der Waals surface area contributed by atoms with Crippen molar-refractivity contribution in [2.75, 3.05) is 5.73 Å². The summed E-state index contributed by atoms with van der Waals surface area (Å²) in [6.45, 7) is 1.91. The second-order valence-corrected chi connectivity index (χ2v) is 3.19. The van der Waals surface area contributed by atoms with E-state index in [1.165, 1.54) is 0 Å². The van der Waals surface area contributed by atoms with Crippen LogP contribution in [0.5, 0.6) is 0 Å². The number of H-pyrrole nitrogens is 1. The number of aromatic amines is 1. The Morgan fingerprint density at radius 1 is 1.57 bits per heavy atom. The van der Waals surface area contributed by atoms with Crippen molar-refractivity contribution in [3.8, 4) is 0 Å². The molecule has 14 heavy (non-hydrogen) atoms. The van der Waals surface area contributed by atoms with Crippen molar-refractivity contribution >= 4 is 22.6 Å². The third kappa shape index (κ3) is 1.10. The maximum atomic E-state index is 11.0. The molecule has 1 amide bonds. The molecular weight excluding hydrogens is 180 g/mol. The molecule has 0 aliphatic heterocycles. The number of nitrogens with zero attached hydrogens (tertiary/aromatic N) is 1. The summed E-state index contributed by atoms with van der Waals surface area (Å²) in [5, 5.41) is 0.735. The van der Waals surface area contributed by atoms with E-state index < -0.39 is 5.91 Å². The number of aromatic nitrogens is 2. The van der Waals surface area contributed by atoms with Crippen LogP contribution in [-0.2, 0) is 0 Å². The van der Waals surface area contributed by atoms with Crippen LogP contribution >= 0.6 is 0 Å². The largest absolute Gasteiger partial charge is 0.396 e. The number of hydrogen-bond donors (Lipinski definition) is 3. The van der Waals surface area contributed by atoms with Gasteiger partial charge in [0.05, 0.1) is 5.69 Å². The summed E-state index contributed by atoms with van der Waals surface area (Å²) in [7, 11) is 0. The standard InChI is InChI=1S/C9H10N4O/c1-4-2-5-6(10)7(8(11)14)13-9(5)12-3-4/h2-3H,10H2,1H3,(H2,11,14)(H,12,13). The van der Waals surface area contributed by atoms with Crippen LogP contribution in [0.1, 0.15) is 16.1 Å². The minimum Gasteiger partial charge on any atom is -0.396 e. The van der Waals surface area contributed by atoms with E-state index in [2.05, 4.69) is 9.97 Å². The lowest BCUT2D eigenvalue weighted by atomic mass is 10.2. The highest BCUT2D eigenvalue weighted by Crippen LogP contribution is 2.23. The number of carbonyl (C=O) groups excluding carboxylic acids is 1. The summed E-state index contributed by atoms with van der Waals surface area (Å²) >= 11 is 0. The van der Waals surface area contributed by atoms with Gasteiger partial charge in [-0.1, -0.05) is 0 Å². The normalized spacial score (nSPS) is 10.6. The van der Waals surface area contributed by atoms with Crippen LogP contribution in [0.15, 0.2) is 12.3 Å². The molecule has 0 fully saturated rings. The summed E-state index contributed by atoms with van der Waals surface area (Å²) in [5.41, 5.74) is 13.0. The van der Waals surface area contributed by atoms with Crippen molar-refractivity contribution in [3.63, 3.8) is 0 Å². The minimum absolute atomic E-state index is 0.220. The van der Waals surface area contributed by atoms with Crippen molar-refractivity contribution in [1.29, 1.82) is 0 Å². The number of fused-ring (bicyclic) bond motifs is 1. The number of primary amides is 1. The number of nitrogen functional groups attached to an aromatic ring is 1. The van der Waals surface area contributed by atoms with E-state index in [1.807, 2.05) is 13.0 Å². The number of anilines is 1. The van der Waals surface area contributed by atoms with E-state index in [9.17, 15) is 4.79 Å². The van der Waals surface area contributed by atoms with Gasteiger partial charge in [0.2, 0.25) is 0 Å². The Hall–Kier alpha value is -2.04. The van der Waals surface area contributed by atoms with Gasteiger partial charge < -0.3 is 16.5 Å². The molecule has 2 aromatic heterocycles. The third-order valence-corrected chi connectivity index (χ3v) is 2.07. The second-order valence-electron chi connectivity index (χ2n) is 3.19. The van der Waals surface area contributed by atoms with Crippen molar-refractivity contribution in [3.05, 3.63) is 23.5 Å². The molecule has 5 heteroatoms. The van der Waals surface area contributed by atoms with E-state index >= 15 is 0 Å². The Morgan fingerprint density at radius 2 is 2.29 bits per heavy atom. The lowest BCUT2D eigenvalue weighted by molar-refractivity contribution is 0.0997. The second kappa shape index (κ2) is 2.73. The van der Waals surface area contributed by atoms with Gasteiger partial charge >= 0.3 is 0 Å². The quantitative estimate of drug-likeness (QED) is 0.612. The SMILES string of the molecule is Cc1cnc2[nH]c(C(N)=O)c(N)c2c1. The Bertz CT molecular complexity index is 515. The van der Waals surface area contributed by atoms with Gasteiger partial charge in [-0.15, -0.1) is 0 Å². The van der Waals surface area contributed by atoms with Crippen molar-refractivity contribution in [2.24, 2.45) is 5.73 Å². The zero-order valence-corrected chi connectivity index (χ0v) is 7.66. The molecule has 0 aliphatic carbocycles. The maximum absolute atomic E-state index is 11.0. The molecule has 0 unspecified atom stereocenters. The molecule has 0 saturated carbocycles. The highest BCUT2D eigenvalue weighted by atomic mass is 16.1. The average molecular weight is 190 g/mol. The Morgan fingerprint density at radius 3 is 2.93 bits per heavy atom. The highest BCUT2D eigenvalue weighted by molar-refractivity contribution is 6.05. The first-order valence-electron chi connectivity index (χ1n) is 4.13. The number of nitrogens with two attached hydrogens (primary N) is 2. The van der Waals surface area contributed by atoms with E-state index in [-0.39, 0.29) is 5.69 Å². The fourth-order valence-electron chi connectivity index (χ4n) is 1.39. The summed E-state index contributed by atoms with van der Waals surface area (Å²) < 4.78 is 0. The van der Waals surface area contributed by atoms with Gasteiger partial charge in [0.25, 0.3) is 5.91 Å². The molecule has 0 atom stereocenters. The van der Waals surface area contributed by atoms with Crippen LogP contribution in [0.25, 0.3) is 11.0 Å². The average Bonchev–Trinajstić information content (AvgIpc) is 2.44. The monoisotopic (exact) mass is 190 g/mol. The number of carbonyl (C=O) groups is 1. The van der Waals surface area contributed by atoms with E-state index in [1.54, 1.807) is 6.20 Å². The van der Waals surface area contributed by atoms with Crippen LogP contribution in [0.3, 0.4) is 0 Å². The molecule has 0 bridgehead atoms. The molecule has 0 radical (unpaired) electrons. The summed E-state index contributed by atoms with van der Waals surface area (Å²) in [6.07, 6.45) is 1.70. The zero-order valence-electron chi connectivity index (χ0n) is 7.66. The van der Waals surface area contributed by atoms with Gasteiger partial charge in [-0.3, -0.25) is 4.79 Å². The molecule has 0 aliphatic rings. The smallest absolute Gasteiger partial charge is 0.267 e. The number of rotatable bonds is 1. The molecule has 2 heterocycles. The molecule has 2 aromatic rings.